The van der Waals surface area contributed by atoms with Crippen molar-refractivity contribution in [3.05, 3.63) is 35.9 Å². The molecule has 0 aliphatic carbocycles. The summed E-state index contributed by atoms with van der Waals surface area (Å²) in [6, 6.07) is 8.90. The highest BCUT2D eigenvalue weighted by Gasteiger charge is 2.29. The van der Waals surface area contributed by atoms with Crippen molar-refractivity contribution < 1.29 is 9.53 Å². The lowest BCUT2D eigenvalue weighted by Gasteiger charge is -2.36. The maximum Gasteiger partial charge on any atom is 0.244 e. The van der Waals surface area contributed by atoms with E-state index in [1.165, 1.54) is 0 Å². The highest BCUT2D eigenvalue weighted by molar-refractivity contribution is 5.83. The van der Waals surface area contributed by atoms with Crippen LogP contribution in [0.5, 0.6) is 0 Å². The molecule has 1 heterocycles. The lowest BCUT2D eigenvalue weighted by Crippen LogP contribution is -2.50. The molecule has 1 fully saturated rings. The Morgan fingerprint density at radius 3 is 2.39 bits per heavy atom. The molecule has 4 nitrogen and oxygen atoms in total. The van der Waals surface area contributed by atoms with E-state index >= 15 is 0 Å². The van der Waals surface area contributed by atoms with Gasteiger partial charge in [0.15, 0.2) is 0 Å². The van der Waals surface area contributed by atoms with Gasteiger partial charge < -0.3 is 15.4 Å². The molecule has 1 aromatic carbocycles. The normalized spacial score (nSPS) is 25.8. The summed E-state index contributed by atoms with van der Waals surface area (Å²) in [6.07, 6.45) is 0.140. The molecule has 1 aliphatic heterocycles. The predicted octanol–water partition coefficient (Wildman–Crippen LogP) is 1.32. The highest BCUT2D eigenvalue weighted by Crippen LogP contribution is 2.17. The molecule has 2 N–H and O–H groups in total. The van der Waals surface area contributed by atoms with Crippen molar-refractivity contribution in [2.24, 2.45) is 5.73 Å². The van der Waals surface area contributed by atoms with Gasteiger partial charge in [0.2, 0.25) is 5.91 Å². The first kappa shape index (κ1) is 13.1. The zero-order valence-corrected chi connectivity index (χ0v) is 10.9. The van der Waals surface area contributed by atoms with E-state index in [0.717, 1.165) is 5.56 Å². The first-order valence-electron chi connectivity index (χ1n) is 6.32. The zero-order chi connectivity index (χ0) is 13.1. The molecule has 0 bridgehead atoms. The van der Waals surface area contributed by atoms with Crippen LogP contribution in [0.2, 0.25) is 0 Å². The standard InChI is InChI=1S/C14H20N2O2/c1-10-8-16(9-11(2)18-10)14(17)13(15)12-6-4-3-5-7-12/h3-7,10-11,13H,8-9,15H2,1-2H3/t10-,11+,13-/m1/s1. The minimum Gasteiger partial charge on any atom is -0.372 e. The van der Waals surface area contributed by atoms with Gasteiger partial charge in [-0.3, -0.25) is 4.79 Å². The van der Waals surface area contributed by atoms with Crippen LogP contribution in [0, 0.1) is 0 Å². The number of ether oxygens (including phenoxy) is 1. The summed E-state index contributed by atoms with van der Waals surface area (Å²) in [5.41, 5.74) is 6.88. The third kappa shape index (κ3) is 2.89. The van der Waals surface area contributed by atoms with Crippen molar-refractivity contribution in [2.75, 3.05) is 13.1 Å². The first-order valence-corrected chi connectivity index (χ1v) is 6.32. The van der Waals surface area contributed by atoms with E-state index in [2.05, 4.69) is 0 Å². The molecule has 0 aromatic heterocycles. The monoisotopic (exact) mass is 248 g/mol. The highest BCUT2D eigenvalue weighted by atomic mass is 16.5. The number of morpholine rings is 1. The van der Waals surface area contributed by atoms with Crippen LogP contribution in [0.15, 0.2) is 30.3 Å². The number of carbonyl (C=O) groups is 1. The number of amides is 1. The molecular weight excluding hydrogens is 228 g/mol. The average Bonchev–Trinajstić information content (AvgIpc) is 2.37. The fourth-order valence-corrected chi connectivity index (χ4v) is 2.36. The average molecular weight is 248 g/mol. The summed E-state index contributed by atoms with van der Waals surface area (Å²) in [4.78, 5) is 14.1. The predicted molar refractivity (Wildman–Crippen MR) is 70.0 cm³/mol. The second-order valence-electron chi connectivity index (χ2n) is 4.89. The molecule has 0 unspecified atom stereocenters. The number of benzene rings is 1. The molecule has 0 radical (unpaired) electrons. The summed E-state index contributed by atoms with van der Waals surface area (Å²) >= 11 is 0. The third-order valence-corrected chi connectivity index (χ3v) is 3.16. The van der Waals surface area contributed by atoms with Gasteiger partial charge in [0.1, 0.15) is 6.04 Å². The second kappa shape index (κ2) is 5.50. The molecule has 1 aliphatic rings. The Kier molecular flexibility index (Phi) is 3.99. The second-order valence-corrected chi connectivity index (χ2v) is 4.89. The minimum absolute atomic E-state index is 0.0248. The topological polar surface area (TPSA) is 55.6 Å². The van der Waals surface area contributed by atoms with E-state index in [9.17, 15) is 4.79 Å². The summed E-state index contributed by atoms with van der Waals surface area (Å²) < 4.78 is 5.62. The van der Waals surface area contributed by atoms with Crippen LogP contribution in [0.25, 0.3) is 0 Å². The maximum absolute atomic E-state index is 12.3. The summed E-state index contributed by atoms with van der Waals surface area (Å²) in [5.74, 6) is -0.0248. The van der Waals surface area contributed by atoms with E-state index in [0.29, 0.717) is 13.1 Å². The van der Waals surface area contributed by atoms with Crippen molar-refractivity contribution in [1.82, 2.24) is 4.90 Å². The molecular formula is C14H20N2O2. The van der Waals surface area contributed by atoms with Crippen molar-refractivity contribution >= 4 is 5.91 Å². The van der Waals surface area contributed by atoms with Gasteiger partial charge in [0, 0.05) is 13.1 Å². The largest absolute Gasteiger partial charge is 0.372 e. The molecule has 2 rings (SSSR count). The van der Waals surface area contributed by atoms with Gasteiger partial charge in [0.05, 0.1) is 12.2 Å². The molecule has 0 saturated carbocycles. The molecule has 1 aromatic rings. The number of nitrogens with zero attached hydrogens (tertiary/aromatic N) is 1. The van der Waals surface area contributed by atoms with Gasteiger partial charge in [-0.25, -0.2) is 0 Å². The lowest BCUT2D eigenvalue weighted by molar-refractivity contribution is -0.144. The van der Waals surface area contributed by atoms with Crippen LogP contribution in [-0.2, 0) is 9.53 Å². The number of carbonyl (C=O) groups excluding carboxylic acids is 1. The van der Waals surface area contributed by atoms with E-state index in [4.69, 9.17) is 10.5 Å². The molecule has 0 spiro atoms. The minimum atomic E-state index is -0.580. The van der Waals surface area contributed by atoms with Crippen molar-refractivity contribution in [3.63, 3.8) is 0 Å². The van der Waals surface area contributed by atoms with Crippen molar-refractivity contribution in [1.29, 1.82) is 0 Å². The number of hydrogen-bond donors (Lipinski definition) is 1. The number of rotatable bonds is 2. The molecule has 18 heavy (non-hydrogen) atoms. The van der Waals surface area contributed by atoms with Gasteiger partial charge in [0.25, 0.3) is 0 Å². The van der Waals surface area contributed by atoms with Crippen LogP contribution in [0.1, 0.15) is 25.5 Å². The van der Waals surface area contributed by atoms with Crippen LogP contribution in [0.4, 0.5) is 0 Å². The Bertz CT molecular complexity index is 398. The fourth-order valence-electron chi connectivity index (χ4n) is 2.36. The summed E-state index contributed by atoms with van der Waals surface area (Å²) in [5, 5.41) is 0. The van der Waals surface area contributed by atoms with E-state index < -0.39 is 6.04 Å². The lowest BCUT2D eigenvalue weighted by atomic mass is 10.1. The van der Waals surface area contributed by atoms with E-state index in [-0.39, 0.29) is 18.1 Å². The van der Waals surface area contributed by atoms with Gasteiger partial charge in [-0.05, 0) is 19.4 Å². The quantitative estimate of drug-likeness (QED) is 0.859. The SMILES string of the molecule is C[C@@H]1CN(C(=O)[C@H](N)c2ccccc2)C[C@H](C)O1. The molecule has 4 heteroatoms. The molecule has 1 saturated heterocycles. The molecule has 98 valence electrons. The Morgan fingerprint density at radius 1 is 1.28 bits per heavy atom. The molecule has 1 amide bonds. The van der Waals surface area contributed by atoms with Crippen LogP contribution >= 0.6 is 0 Å². The van der Waals surface area contributed by atoms with Crippen molar-refractivity contribution in [3.8, 4) is 0 Å². The Balaban J connectivity index is 2.07. The van der Waals surface area contributed by atoms with E-state index in [1.807, 2.05) is 44.2 Å². The van der Waals surface area contributed by atoms with Crippen LogP contribution in [-0.4, -0.2) is 36.1 Å². The van der Waals surface area contributed by atoms with Crippen LogP contribution < -0.4 is 5.73 Å². The zero-order valence-electron chi connectivity index (χ0n) is 10.9. The van der Waals surface area contributed by atoms with Gasteiger partial charge in [-0.15, -0.1) is 0 Å². The van der Waals surface area contributed by atoms with Gasteiger partial charge in [-0.1, -0.05) is 30.3 Å². The Labute approximate surface area is 108 Å². The third-order valence-electron chi connectivity index (χ3n) is 3.16. The Hall–Kier alpha value is -1.39. The Morgan fingerprint density at radius 2 is 1.83 bits per heavy atom. The van der Waals surface area contributed by atoms with E-state index in [1.54, 1.807) is 4.90 Å². The summed E-state index contributed by atoms with van der Waals surface area (Å²) in [7, 11) is 0. The van der Waals surface area contributed by atoms with Crippen LogP contribution in [0.3, 0.4) is 0 Å². The fraction of sp³-hybridized carbons (Fsp3) is 0.500. The van der Waals surface area contributed by atoms with Gasteiger partial charge >= 0.3 is 0 Å². The van der Waals surface area contributed by atoms with Gasteiger partial charge in [-0.2, -0.15) is 0 Å². The maximum atomic E-state index is 12.3. The first-order chi connectivity index (χ1) is 8.58. The molecule has 3 atom stereocenters. The number of hydrogen-bond acceptors (Lipinski definition) is 3. The number of nitrogens with two attached hydrogens (primary N) is 1. The smallest absolute Gasteiger partial charge is 0.244 e. The summed E-state index contributed by atoms with van der Waals surface area (Å²) in [6.45, 7) is 5.18. The van der Waals surface area contributed by atoms with Crippen molar-refractivity contribution in [2.45, 2.75) is 32.1 Å².